The lowest BCUT2D eigenvalue weighted by molar-refractivity contribution is -0.413. The summed E-state index contributed by atoms with van der Waals surface area (Å²) in [5.41, 5.74) is 0. The summed E-state index contributed by atoms with van der Waals surface area (Å²) in [4.78, 5) is 10.5. The van der Waals surface area contributed by atoms with Crippen molar-refractivity contribution in [3.63, 3.8) is 0 Å². The van der Waals surface area contributed by atoms with E-state index in [-0.39, 0.29) is 0 Å². The Hall–Kier alpha value is -1.02. The monoisotopic (exact) mass is 256 g/mol. The number of ether oxygens (including phenoxy) is 1. The molecule has 0 rings (SSSR count). The lowest BCUT2D eigenvalue weighted by atomic mass is 10.2. The van der Waals surface area contributed by atoms with Crippen molar-refractivity contribution in [1.82, 2.24) is 0 Å². The predicted molar refractivity (Wildman–Crippen MR) is 36.9 cm³/mol. The van der Waals surface area contributed by atoms with Crippen LogP contribution in [0.1, 0.15) is 13.8 Å². The van der Waals surface area contributed by atoms with Crippen LogP contribution >= 0.6 is 0 Å². The highest BCUT2D eigenvalue weighted by Crippen LogP contribution is 2.47. The van der Waals surface area contributed by atoms with Gasteiger partial charge in [0.2, 0.25) is 0 Å². The maximum absolute atomic E-state index is 12.4. The molecule has 0 aliphatic heterocycles. The van der Waals surface area contributed by atoms with Gasteiger partial charge in [-0.1, -0.05) is 13.8 Å². The highest BCUT2D eigenvalue weighted by Gasteiger charge is 2.76. The van der Waals surface area contributed by atoms with Gasteiger partial charge in [-0.25, -0.2) is 0 Å². The van der Waals surface area contributed by atoms with E-state index in [1.54, 1.807) is 0 Å². The Morgan fingerprint density at radius 3 is 1.62 bits per heavy atom. The maximum atomic E-state index is 12.4. The fourth-order valence-electron chi connectivity index (χ4n) is 0.473. The van der Waals surface area contributed by atoms with E-state index in [1.165, 1.54) is 0 Å². The van der Waals surface area contributed by atoms with Crippen LogP contribution in [0.4, 0.5) is 30.7 Å². The molecule has 0 amide bonds. The molecule has 0 heterocycles. The second kappa shape index (κ2) is 4.10. The van der Waals surface area contributed by atoms with Crippen molar-refractivity contribution in [2.75, 3.05) is 0 Å². The Balaban J connectivity index is 4.99. The highest BCUT2D eigenvalue weighted by molar-refractivity contribution is 5.71. The largest absolute Gasteiger partial charge is 0.476 e. The third-order valence-electron chi connectivity index (χ3n) is 1.42. The summed E-state index contributed by atoms with van der Waals surface area (Å²) in [7, 11) is 0. The minimum atomic E-state index is -6.51. The van der Waals surface area contributed by atoms with E-state index in [9.17, 15) is 35.5 Å². The van der Waals surface area contributed by atoms with Crippen LogP contribution in [0.15, 0.2) is 0 Å². The molecule has 0 aromatic carbocycles. The number of halogens is 7. The van der Waals surface area contributed by atoms with E-state index < -0.39 is 30.1 Å². The van der Waals surface area contributed by atoms with Crippen LogP contribution in [-0.4, -0.2) is 24.2 Å². The summed E-state index contributed by atoms with van der Waals surface area (Å²) in [5.74, 6) is -9.53. The van der Waals surface area contributed by atoms with E-state index in [0.717, 1.165) is 13.8 Å². The van der Waals surface area contributed by atoms with Gasteiger partial charge in [-0.15, -0.1) is 0 Å². The minimum Gasteiger partial charge on any atom is -0.396 e. The molecule has 96 valence electrons. The van der Waals surface area contributed by atoms with Crippen LogP contribution in [0.3, 0.4) is 0 Å². The number of carbonyl (C=O) groups is 1. The van der Waals surface area contributed by atoms with Crippen LogP contribution in [0.2, 0.25) is 0 Å². The summed E-state index contributed by atoms with van der Waals surface area (Å²) < 4.78 is 86.7. The van der Waals surface area contributed by atoms with Gasteiger partial charge in [0.25, 0.3) is 0 Å². The number of hydrogen-bond acceptors (Lipinski definition) is 2. The topological polar surface area (TPSA) is 26.3 Å². The number of rotatable bonds is 3. The van der Waals surface area contributed by atoms with Crippen molar-refractivity contribution >= 4 is 5.97 Å². The average molecular weight is 256 g/mol. The molecule has 9 heteroatoms. The van der Waals surface area contributed by atoms with Crippen LogP contribution in [0, 0.1) is 5.92 Å². The number of hydrogen-bond donors (Lipinski definition) is 0. The lowest BCUT2D eigenvalue weighted by Gasteiger charge is -2.27. The van der Waals surface area contributed by atoms with Gasteiger partial charge in [0, 0.05) is 0 Å². The molecule has 0 aromatic rings. The molecule has 0 aromatic heterocycles. The third-order valence-corrected chi connectivity index (χ3v) is 1.42. The average Bonchev–Trinajstić information content (AvgIpc) is 2.00. The molecule has 0 unspecified atom stereocenters. The summed E-state index contributed by atoms with van der Waals surface area (Å²) in [6.07, 6.45) is -12.4. The second-order valence-corrected chi connectivity index (χ2v) is 3.16. The summed E-state index contributed by atoms with van der Waals surface area (Å²) in [5, 5.41) is 0. The van der Waals surface area contributed by atoms with E-state index in [0.29, 0.717) is 0 Å². The smallest absolute Gasteiger partial charge is 0.396 e. The van der Waals surface area contributed by atoms with Crippen molar-refractivity contribution in [2.24, 2.45) is 5.92 Å². The van der Waals surface area contributed by atoms with Gasteiger partial charge in [-0.2, -0.15) is 30.7 Å². The molecule has 2 nitrogen and oxygen atoms in total. The Kier molecular flexibility index (Phi) is 3.83. The molecule has 0 radical (unpaired) electrons. The van der Waals surface area contributed by atoms with E-state index in [1.807, 2.05) is 0 Å². The fourth-order valence-corrected chi connectivity index (χ4v) is 0.473. The summed E-state index contributed by atoms with van der Waals surface area (Å²) >= 11 is 0. The molecule has 0 aliphatic rings. The lowest BCUT2D eigenvalue weighted by Crippen LogP contribution is -2.54. The second-order valence-electron chi connectivity index (χ2n) is 3.16. The molecular weight excluding hydrogens is 249 g/mol. The fraction of sp³-hybridized carbons (Fsp3) is 0.857. The zero-order chi connectivity index (χ0) is 13.4. The standard InChI is InChI=1S/C7H7F7O2/c1-3(2)4(15)16-7(13,14)5(8,9)6(10,11)12/h3H,1-2H3. The van der Waals surface area contributed by atoms with Gasteiger partial charge in [0.1, 0.15) is 0 Å². The highest BCUT2D eigenvalue weighted by atomic mass is 19.4. The third kappa shape index (κ3) is 2.76. The molecule has 0 aliphatic carbocycles. The molecule has 0 spiro atoms. The van der Waals surface area contributed by atoms with Crippen molar-refractivity contribution in [2.45, 2.75) is 32.1 Å². The quantitative estimate of drug-likeness (QED) is 0.573. The van der Waals surface area contributed by atoms with Gasteiger partial charge in [-0.3, -0.25) is 4.79 Å². The molecule has 16 heavy (non-hydrogen) atoms. The SMILES string of the molecule is CC(C)C(=O)OC(F)(F)C(F)(F)C(F)(F)F. The van der Waals surface area contributed by atoms with Gasteiger partial charge in [-0.05, 0) is 0 Å². The molecule has 0 bridgehead atoms. The van der Waals surface area contributed by atoms with E-state index >= 15 is 0 Å². The Morgan fingerprint density at radius 1 is 1.00 bits per heavy atom. The Bertz CT molecular complexity index is 268. The van der Waals surface area contributed by atoms with Gasteiger partial charge < -0.3 is 4.74 Å². The molecule has 0 atom stereocenters. The van der Waals surface area contributed by atoms with Gasteiger partial charge in [0.05, 0.1) is 5.92 Å². The number of alkyl halides is 7. The van der Waals surface area contributed by atoms with E-state index in [2.05, 4.69) is 4.74 Å². The Labute approximate surface area is 85.4 Å². The predicted octanol–water partition coefficient (Wildman–Crippen LogP) is 2.98. The molecule has 0 saturated heterocycles. The molecule has 0 N–H and O–H groups in total. The van der Waals surface area contributed by atoms with Crippen LogP contribution in [0.25, 0.3) is 0 Å². The zero-order valence-corrected chi connectivity index (χ0v) is 8.04. The summed E-state index contributed by atoms with van der Waals surface area (Å²) in [6, 6.07) is 0. The van der Waals surface area contributed by atoms with Crippen molar-refractivity contribution in [3.05, 3.63) is 0 Å². The maximum Gasteiger partial charge on any atom is 0.476 e. The van der Waals surface area contributed by atoms with Crippen LogP contribution in [-0.2, 0) is 9.53 Å². The number of carbonyl (C=O) groups excluding carboxylic acids is 1. The molecule has 0 saturated carbocycles. The zero-order valence-electron chi connectivity index (χ0n) is 8.04. The van der Waals surface area contributed by atoms with Gasteiger partial charge in [0.15, 0.2) is 0 Å². The summed E-state index contributed by atoms with van der Waals surface area (Å²) in [6.45, 7) is 2.01. The normalized spacial score (nSPS) is 14.1. The first-order chi connectivity index (χ1) is 6.83. The van der Waals surface area contributed by atoms with E-state index in [4.69, 9.17) is 0 Å². The minimum absolute atomic E-state index is 1.00. The first-order valence-electron chi connectivity index (χ1n) is 3.88. The first-order valence-corrected chi connectivity index (χ1v) is 3.88. The number of esters is 1. The van der Waals surface area contributed by atoms with Crippen LogP contribution < -0.4 is 0 Å². The molecular formula is C7H7F7O2. The van der Waals surface area contributed by atoms with Crippen molar-refractivity contribution in [1.29, 1.82) is 0 Å². The Morgan fingerprint density at radius 2 is 1.38 bits per heavy atom. The molecule has 0 fully saturated rings. The van der Waals surface area contributed by atoms with Crippen molar-refractivity contribution < 1.29 is 40.3 Å². The van der Waals surface area contributed by atoms with Crippen molar-refractivity contribution in [3.8, 4) is 0 Å². The van der Waals surface area contributed by atoms with Crippen LogP contribution in [0.5, 0.6) is 0 Å². The van der Waals surface area contributed by atoms with Gasteiger partial charge >= 0.3 is 24.2 Å². The first kappa shape index (κ1) is 15.0.